The number of nitrogens with one attached hydrogen (secondary N) is 10. The normalized spacial score (nSPS) is 20.6. The topological polar surface area (TPSA) is 554 Å². The van der Waals surface area contributed by atoms with E-state index in [9.17, 15) is 78.6 Å². The lowest BCUT2D eigenvalue weighted by Gasteiger charge is -2.33. The highest BCUT2D eigenvalue weighted by Gasteiger charge is 2.38. The molecular formula is C72H98N20O19S2. The number of phenols is 1. The summed E-state index contributed by atoms with van der Waals surface area (Å²) in [5.74, 6) is -12.1. The summed E-state index contributed by atoms with van der Waals surface area (Å²) in [5.41, 5.74) is 6.97. The van der Waals surface area contributed by atoms with Gasteiger partial charge in [-0.15, -0.1) is 5.10 Å². The number of hydrogen-bond acceptors (Lipinski definition) is 26. The second-order valence-electron chi connectivity index (χ2n) is 27.5. The number of carboxylic acids is 2. The molecule has 2 saturated heterocycles. The third-order valence-electron chi connectivity index (χ3n) is 18.8. The summed E-state index contributed by atoms with van der Waals surface area (Å²) in [6.45, 7) is 0.0977. The van der Waals surface area contributed by atoms with Crippen LogP contribution in [0.15, 0.2) is 96.1 Å². The van der Waals surface area contributed by atoms with Crippen molar-refractivity contribution in [3.63, 3.8) is 0 Å². The Labute approximate surface area is 656 Å². The van der Waals surface area contributed by atoms with E-state index in [-0.39, 0.29) is 127 Å². The molecule has 0 spiro atoms. The lowest BCUT2D eigenvalue weighted by Crippen LogP contribution is -2.62. The van der Waals surface area contributed by atoms with Crippen LogP contribution in [0.2, 0.25) is 0 Å². The van der Waals surface area contributed by atoms with Crippen LogP contribution in [0.4, 0.5) is 0 Å². The number of fused-ring (bicyclic) bond motifs is 2. The van der Waals surface area contributed by atoms with E-state index >= 15 is 14.4 Å². The average molecular weight is 1610 g/mol. The number of aromatic hydroxyl groups is 1. The zero-order chi connectivity index (χ0) is 81.8. The maximum absolute atomic E-state index is 15.4. The van der Waals surface area contributed by atoms with E-state index in [0.717, 1.165) is 42.4 Å². The number of aryl methyl sites for hydroxylation is 1. The Bertz CT molecular complexity index is 4280. The molecule has 0 aliphatic carbocycles. The number of aromatic nitrogens is 6. The van der Waals surface area contributed by atoms with E-state index in [1.54, 1.807) is 59.5 Å². The van der Waals surface area contributed by atoms with Gasteiger partial charge < -0.3 is 94.1 Å². The molecule has 41 heteroatoms. The van der Waals surface area contributed by atoms with E-state index in [4.69, 9.17) is 5.73 Å². The number of nitrogens with zero attached hydrogens (tertiary/aromatic N) is 9. The first-order valence-electron chi connectivity index (χ1n) is 36.7. The van der Waals surface area contributed by atoms with Gasteiger partial charge in [-0.25, -0.2) is 14.2 Å². The Morgan fingerprint density at radius 3 is 1.90 bits per heavy atom. The molecule has 6 aromatic rings. The van der Waals surface area contributed by atoms with Crippen LogP contribution < -0.4 is 59.3 Å². The van der Waals surface area contributed by atoms with Crippen molar-refractivity contribution in [3.8, 4) is 5.75 Å². The van der Waals surface area contributed by atoms with Gasteiger partial charge in [0.2, 0.25) is 53.2 Å². The molecule has 2 aliphatic heterocycles. The maximum atomic E-state index is 15.4. The summed E-state index contributed by atoms with van der Waals surface area (Å²) < 4.78 is 1.97. The minimum Gasteiger partial charge on any atom is -0.508 e. The van der Waals surface area contributed by atoms with Crippen LogP contribution in [0.3, 0.4) is 0 Å². The molecule has 0 radical (unpaired) electrons. The molecule has 2 fully saturated rings. The number of nitrogens with two attached hydrogens (primary N) is 1. The zero-order valence-electron chi connectivity index (χ0n) is 62.6. The summed E-state index contributed by atoms with van der Waals surface area (Å²) in [5, 5.41) is 94.5. The Morgan fingerprint density at radius 1 is 0.673 bits per heavy atom. The number of aliphatic hydroxyl groups excluding tert-OH is 3. The first-order valence-corrected chi connectivity index (χ1v) is 39.2. The lowest BCUT2D eigenvalue weighted by molar-refractivity contribution is -0.139. The summed E-state index contributed by atoms with van der Waals surface area (Å²) in [7, 11) is 3.14. The van der Waals surface area contributed by atoms with E-state index in [1.807, 2.05) is 6.07 Å². The fourth-order valence-corrected chi connectivity index (χ4v) is 14.8. The summed E-state index contributed by atoms with van der Waals surface area (Å²) in [6.07, 6.45) is -2.26. The highest BCUT2D eigenvalue weighted by molar-refractivity contribution is 8.76. The number of aromatic amines is 1. The monoisotopic (exact) mass is 1610 g/mol. The Balaban J connectivity index is 1.08. The van der Waals surface area contributed by atoms with Gasteiger partial charge in [-0.3, -0.25) is 72.2 Å². The zero-order valence-corrected chi connectivity index (χ0v) is 64.2. The number of para-hydroxylation sites is 1. The van der Waals surface area contributed by atoms with Gasteiger partial charge in [0.25, 0.3) is 5.91 Å². The van der Waals surface area contributed by atoms with Crippen molar-refractivity contribution < 1.29 is 88.2 Å². The number of amides is 10. The van der Waals surface area contributed by atoms with Gasteiger partial charge in [0.15, 0.2) is 11.3 Å². The second kappa shape index (κ2) is 43.4. The van der Waals surface area contributed by atoms with Crippen LogP contribution in [-0.2, 0) is 79.1 Å². The standard InChI is InChI=1S/C72H98N20O19S2/c1-42(94)54(38-93)81-69(108)56-40-113-112-39-55(68(107)79-52(32-45-16-18-48(96)19-17-45)66(105)80-53(34-47-33-46-13-7-8-14-49(46)76-47)67(106)78-50(15-9-10-21-73)64(103)84-61(43(2)95)71(110)83-56)82-65(104)51(31-44-11-5-4-6-12-44)77-57(97)35-88-23-25-89(36-59(99)100)27-29-91(30-28-90(26-24-88)37-60(101)102)58(98)20-22-74-70(109)62-63-85-86-87(3)72(111)92(63)41-75-62/h4-8,11-14,16-19,33,41-43,50-56,61,76,93-96H,9-10,15,20-32,34-40,73H2,1-3H3,(H,74,109)(H,77,97)(H,78,106)(H,79,107)(H,80,105)(H,81,108)(H,82,104)(H,83,110)(H,84,103)(H,99,100)(H,101,102)/t42-,43-,50+,51-,52?,53-,54-,55?,56+,61?/m1/s1. The molecule has 8 rings (SSSR count). The SMILES string of the molecule is C[C@@H](O)C1NC(=O)[C@H](CCCCN)NC(=O)[C@@H](Cc2cc3ccccc3[nH]2)NC(=O)C(Cc2ccc(O)cc2)NC(=O)C(NC(=O)[C@@H](Cc2ccccc2)NC(=O)CN2CCN(CC(=O)O)CCN(C(=O)CCNC(=O)c3ncn4c(=O)n(C)nnc34)CCN(CC(=O)O)CC2)CSSC[C@@H](C(=O)N[C@H](CO)[C@@H](C)O)NC1=O. The first-order chi connectivity index (χ1) is 54.1. The van der Waals surface area contributed by atoms with Crippen molar-refractivity contribution in [1.82, 2.24) is 96.8 Å². The molecule has 3 unspecified atom stereocenters. The largest absolute Gasteiger partial charge is 0.508 e. The predicted octanol–water partition coefficient (Wildman–Crippen LogP) is -5.07. The lowest BCUT2D eigenvalue weighted by atomic mass is 10.0. The molecule has 3 aromatic heterocycles. The number of aliphatic hydroxyl groups is 3. The van der Waals surface area contributed by atoms with E-state index < -0.39 is 169 Å². The van der Waals surface area contributed by atoms with Gasteiger partial charge in [0.05, 0.1) is 44.5 Å². The van der Waals surface area contributed by atoms with Crippen molar-refractivity contribution in [2.45, 2.75) is 119 Å². The number of aliphatic carboxylic acids is 2. The Hall–Kier alpha value is -10.7. The smallest absolute Gasteiger partial charge is 0.352 e. The number of benzene rings is 3. The molecular weight excluding hydrogens is 1510 g/mol. The highest BCUT2D eigenvalue weighted by Crippen LogP contribution is 2.25. The first kappa shape index (κ1) is 87.9. The van der Waals surface area contributed by atoms with Crippen molar-refractivity contribution >= 4 is 109 Å². The molecule has 612 valence electrons. The number of carbonyl (C=O) groups excluding carboxylic acids is 10. The molecule has 0 saturated carbocycles. The van der Waals surface area contributed by atoms with Gasteiger partial charge in [-0.05, 0) is 80.4 Å². The minimum absolute atomic E-state index is 0.00909. The molecule has 10 amide bonds. The van der Waals surface area contributed by atoms with Gasteiger partial charge >= 0.3 is 17.6 Å². The van der Waals surface area contributed by atoms with E-state index in [0.29, 0.717) is 28.8 Å². The number of carboxylic acid groups (broad SMARTS) is 2. The summed E-state index contributed by atoms with van der Waals surface area (Å²) in [6, 6.07) is 10.7. The molecule has 3 aromatic carbocycles. The van der Waals surface area contributed by atoms with Gasteiger partial charge in [-0.1, -0.05) is 87.5 Å². The average Bonchev–Trinajstić information content (AvgIpc) is 1.63. The fourth-order valence-electron chi connectivity index (χ4n) is 12.4. The van der Waals surface area contributed by atoms with Gasteiger partial charge in [-0.2, -0.15) is 4.68 Å². The van der Waals surface area contributed by atoms with Crippen molar-refractivity contribution in [3.05, 3.63) is 124 Å². The Kier molecular flexibility index (Phi) is 33.8. The summed E-state index contributed by atoms with van der Waals surface area (Å²) in [4.78, 5) is 196. The number of unbranched alkanes of at least 4 members (excludes halogenated alkanes) is 1. The van der Waals surface area contributed by atoms with Crippen LogP contribution >= 0.6 is 21.6 Å². The molecule has 113 heavy (non-hydrogen) atoms. The molecule has 0 bridgehead atoms. The van der Waals surface area contributed by atoms with Gasteiger partial charge in [0.1, 0.15) is 54.4 Å². The fraction of sp³-hybridized carbons (Fsp3) is 0.500. The number of hydrogen-bond donors (Lipinski definition) is 17. The number of carbonyl (C=O) groups is 12. The van der Waals surface area contributed by atoms with Crippen LogP contribution in [0.25, 0.3) is 16.6 Å². The molecule has 10 atom stereocenters. The van der Waals surface area contributed by atoms with Crippen LogP contribution in [0, 0.1) is 0 Å². The number of rotatable bonds is 28. The maximum Gasteiger partial charge on any atom is 0.352 e. The number of phenolic OH excluding ortho intramolecular Hbond substituents is 1. The van der Waals surface area contributed by atoms with Crippen molar-refractivity contribution in [2.75, 3.05) is 103 Å². The third kappa shape index (κ3) is 27.0. The number of H-pyrrole nitrogens is 1. The van der Waals surface area contributed by atoms with Crippen molar-refractivity contribution in [1.29, 1.82) is 0 Å². The Morgan fingerprint density at radius 2 is 1.27 bits per heavy atom. The highest BCUT2D eigenvalue weighted by atomic mass is 33.1. The quantitative estimate of drug-likeness (QED) is 0.0161. The van der Waals surface area contributed by atoms with Crippen LogP contribution in [-0.4, -0.2) is 314 Å². The van der Waals surface area contributed by atoms with Gasteiger partial charge in [0, 0.05) is 114 Å². The second-order valence-corrected chi connectivity index (χ2v) is 30.0. The van der Waals surface area contributed by atoms with Crippen molar-refractivity contribution in [2.24, 2.45) is 12.8 Å². The molecule has 39 nitrogen and oxygen atoms in total. The molecule has 18 N–H and O–H groups in total. The van der Waals surface area contributed by atoms with Crippen LogP contribution in [0.1, 0.15) is 66.8 Å². The van der Waals surface area contributed by atoms with E-state index in [2.05, 4.69) is 68.1 Å². The van der Waals surface area contributed by atoms with E-state index in [1.165, 1.54) is 59.9 Å². The minimum atomic E-state index is -1.79. The summed E-state index contributed by atoms with van der Waals surface area (Å²) >= 11 is 0. The third-order valence-corrected chi connectivity index (χ3v) is 21.2. The predicted molar refractivity (Wildman–Crippen MR) is 412 cm³/mol. The van der Waals surface area contributed by atoms with Crippen LogP contribution in [0.5, 0.6) is 5.75 Å². The molecule has 2 aliphatic rings. The number of imidazole rings is 1. The molecule has 5 heterocycles.